The number of aryl methyl sites for hydroxylation is 1. The molecular weight excluding hydrogens is 262 g/mol. The Balaban J connectivity index is 1.92. The van der Waals surface area contributed by atoms with Crippen LogP contribution in [-0.4, -0.2) is 15.7 Å². The average molecular weight is 287 g/mol. The number of hydrogen-bond donors (Lipinski definition) is 1. The van der Waals surface area contributed by atoms with Crippen LogP contribution in [0.15, 0.2) is 36.7 Å². The molecule has 0 unspecified atom stereocenters. The minimum absolute atomic E-state index is 0.139. The van der Waals surface area contributed by atoms with Crippen molar-refractivity contribution in [3.05, 3.63) is 47.9 Å². The van der Waals surface area contributed by atoms with Crippen LogP contribution in [0.3, 0.4) is 0 Å². The van der Waals surface area contributed by atoms with Gasteiger partial charge in [-0.2, -0.15) is 0 Å². The molecule has 0 aliphatic heterocycles. The number of nitrogens with zero attached hydrogens (tertiary/aromatic N) is 2. The lowest BCUT2D eigenvalue weighted by atomic mass is 10.2. The Labute approximate surface area is 127 Å². The van der Waals surface area contributed by atoms with Crippen LogP contribution in [0, 0.1) is 0 Å². The maximum Gasteiger partial charge on any atom is 0.218 e. The predicted octanol–water partition coefficient (Wildman–Crippen LogP) is 3.37. The molecule has 2 heterocycles. The summed E-state index contributed by atoms with van der Waals surface area (Å²) in [4.78, 5) is 4.31. The molecule has 114 valence electrons. The van der Waals surface area contributed by atoms with Crippen molar-refractivity contribution in [3.63, 3.8) is 0 Å². The van der Waals surface area contributed by atoms with Crippen LogP contribution in [0.4, 0.5) is 0 Å². The zero-order chi connectivity index (χ0) is 15.1. The van der Waals surface area contributed by atoms with Gasteiger partial charge in [-0.3, -0.25) is 0 Å². The van der Waals surface area contributed by atoms with Gasteiger partial charge >= 0.3 is 0 Å². The number of nitrogens with one attached hydrogen (secondary N) is 1. The van der Waals surface area contributed by atoms with Gasteiger partial charge in [0.15, 0.2) is 0 Å². The van der Waals surface area contributed by atoms with Gasteiger partial charge in [-0.1, -0.05) is 13.0 Å². The molecule has 0 aliphatic carbocycles. The van der Waals surface area contributed by atoms with Crippen molar-refractivity contribution < 1.29 is 4.74 Å². The van der Waals surface area contributed by atoms with E-state index in [0.29, 0.717) is 0 Å². The maximum absolute atomic E-state index is 5.74. The van der Waals surface area contributed by atoms with Crippen molar-refractivity contribution in [1.29, 1.82) is 0 Å². The largest absolute Gasteiger partial charge is 0.475 e. The molecule has 0 atom stereocenters. The molecule has 0 radical (unpaired) electrons. The SMILES string of the molecule is CCCn1cccc1CNCc1cccnc1OC(C)C. The highest BCUT2D eigenvalue weighted by atomic mass is 16.5. The van der Waals surface area contributed by atoms with Gasteiger partial charge in [-0.25, -0.2) is 4.98 Å². The molecule has 21 heavy (non-hydrogen) atoms. The number of ether oxygens (including phenoxy) is 1. The van der Waals surface area contributed by atoms with Crippen molar-refractivity contribution in [1.82, 2.24) is 14.9 Å². The van der Waals surface area contributed by atoms with Crippen molar-refractivity contribution >= 4 is 0 Å². The number of rotatable bonds is 8. The van der Waals surface area contributed by atoms with E-state index in [-0.39, 0.29) is 6.10 Å². The molecule has 0 aromatic carbocycles. The van der Waals surface area contributed by atoms with Crippen molar-refractivity contribution in [2.24, 2.45) is 0 Å². The number of hydrogen-bond acceptors (Lipinski definition) is 3. The Bertz CT molecular complexity index is 548. The smallest absolute Gasteiger partial charge is 0.218 e. The van der Waals surface area contributed by atoms with Crippen LogP contribution in [0.2, 0.25) is 0 Å². The Hall–Kier alpha value is -1.81. The van der Waals surface area contributed by atoms with E-state index >= 15 is 0 Å². The first-order valence-corrected chi connectivity index (χ1v) is 7.66. The van der Waals surface area contributed by atoms with Crippen LogP contribution in [0.1, 0.15) is 38.4 Å². The standard InChI is InChI=1S/C17H25N3O/c1-4-10-20-11-6-8-16(20)13-18-12-15-7-5-9-19-17(15)21-14(2)3/h5-9,11,14,18H,4,10,12-13H2,1-3H3. The Kier molecular flexibility index (Phi) is 5.81. The van der Waals surface area contributed by atoms with Crippen LogP contribution >= 0.6 is 0 Å². The van der Waals surface area contributed by atoms with E-state index in [9.17, 15) is 0 Å². The summed E-state index contributed by atoms with van der Waals surface area (Å²) in [6.07, 6.45) is 5.20. The highest BCUT2D eigenvalue weighted by molar-refractivity contribution is 5.25. The normalized spacial score (nSPS) is 11.0. The monoisotopic (exact) mass is 287 g/mol. The van der Waals surface area contributed by atoms with Gasteiger partial charge in [0.05, 0.1) is 6.10 Å². The highest BCUT2D eigenvalue weighted by Crippen LogP contribution is 2.15. The van der Waals surface area contributed by atoms with Crippen LogP contribution in [0.25, 0.3) is 0 Å². The maximum atomic E-state index is 5.74. The predicted molar refractivity (Wildman–Crippen MR) is 85.3 cm³/mol. The molecule has 0 saturated heterocycles. The lowest BCUT2D eigenvalue weighted by Gasteiger charge is -2.14. The molecular formula is C17H25N3O. The summed E-state index contributed by atoms with van der Waals surface area (Å²) in [5, 5.41) is 3.48. The zero-order valence-electron chi connectivity index (χ0n) is 13.2. The molecule has 0 amide bonds. The van der Waals surface area contributed by atoms with Gasteiger partial charge in [0.2, 0.25) is 5.88 Å². The molecule has 0 aliphatic rings. The lowest BCUT2D eigenvalue weighted by molar-refractivity contribution is 0.229. The van der Waals surface area contributed by atoms with Crippen molar-refractivity contribution in [2.45, 2.75) is 52.9 Å². The van der Waals surface area contributed by atoms with Crippen molar-refractivity contribution in [2.75, 3.05) is 0 Å². The Morgan fingerprint density at radius 1 is 1.24 bits per heavy atom. The topological polar surface area (TPSA) is 39.1 Å². The summed E-state index contributed by atoms with van der Waals surface area (Å²) < 4.78 is 8.03. The Morgan fingerprint density at radius 3 is 2.86 bits per heavy atom. The van der Waals surface area contributed by atoms with E-state index in [4.69, 9.17) is 4.74 Å². The summed E-state index contributed by atoms with van der Waals surface area (Å²) in [6, 6.07) is 8.27. The van der Waals surface area contributed by atoms with Gasteiger partial charge in [-0.15, -0.1) is 0 Å². The second kappa shape index (κ2) is 7.84. The third-order valence-electron chi connectivity index (χ3n) is 3.21. The van der Waals surface area contributed by atoms with E-state index in [0.717, 1.165) is 37.5 Å². The first-order valence-electron chi connectivity index (χ1n) is 7.66. The fourth-order valence-electron chi connectivity index (χ4n) is 2.28. The minimum atomic E-state index is 0.139. The summed E-state index contributed by atoms with van der Waals surface area (Å²) in [5.74, 6) is 0.726. The van der Waals surface area contributed by atoms with Gasteiger partial charge in [-0.05, 0) is 38.5 Å². The summed E-state index contributed by atoms with van der Waals surface area (Å²) in [5.41, 5.74) is 2.41. The van der Waals surface area contributed by atoms with E-state index in [1.54, 1.807) is 6.20 Å². The zero-order valence-corrected chi connectivity index (χ0v) is 13.2. The van der Waals surface area contributed by atoms with Gasteiger partial charge in [0.1, 0.15) is 0 Å². The van der Waals surface area contributed by atoms with E-state index in [1.807, 2.05) is 19.9 Å². The molecule has 2 aromatic rings. The number of aromatic nitrogens is 2. The molecule has 0 saturated carbocycles. The lowest BCUT2D eigenvalue weighted by Crippen LogP contribution is -2.17. The molecule has 4 nitrogen and oxygen atoms in total. The van der Waals surface area contributed by atoms with E-state index in [1.165, 1.54) is 5.69 Å². The summed E-state index contributed by atoms with van der Waals surface area (Å²) in [6.45, 7) is 8.91. The fourth-order valence-corrected chi connectivity index (χ4v) is 2.28. The summed E-state index contributed by atoms with van der Waals surface area (Å²) in [7, 11) is 0. The number of pyridine rings is 1. The molecule has 2 rings (SSSR count). The van der Waals surface area contributed by atoms with Gasteiger partial charge in [0, 0.05) is 43.3 Å². The fraction of sp³-hybridized carbons (Fsp3) is 0.471. The third-order valence-corrected chi connectivity index (χ3v) is 3.21. The second-order valence-corrected chi connectivity index (χ2v) is 5.43. The average Bonchev–Trinajstić information content (AvgIpc) is 2.88. The summed E-state index contributed by atoms with van der Waals surface area (Å²) >= 11 is 0. The van der Waals surface area contributed by atoms with Crippen LogP contribution in [0.5, 0.6) is 5.88 Å². The first-order chi connectivity index (χ1) is 10.2. The molecule has 0 spiro atoms. The first kappa shape index (κ1) is 15.6. The second-order valence-electron chi connectivity index (χ2n) is 5.43. The van der Waals surface area contributed by atoms with Crippen LogP contribution in [-0.2, 0) is 19.6 Å². The van der Waals surface area contributed by atoms with Gasteiger partial charge < -0.3 is 14.6 Å². The van der Waals surface area contributed by atoms with E-state index < -0.39 is 0 Å². The van der Waals surface area contributed by atoms with Gasteiger partial charge in [0.25, 0.3) is 0 Å². The Morgan fingerprint density at radius 2 is 2.10 bits per heavy atom. The molecule has 0 fully saturated rings. The third kappa shape index (κ3) is 4.60. The quantitative estimate of drug-likeness (QED) is 0.809. The molecule has 2 aromatic heterocycles. The minimum Gasteiger partial charge on any atom is -0.475 e. The van der Waals surface area contributed by atoms with Crippen molar-refractivity contribution in [3.8, 4) is 5.88 Å². The van der Waals surface area contributed by atoms with E-state index in [2.05, 4.69) is 46.2 Å². The molecule has 1 N–H and O–H groups in total. The highest BCUT2D eigenvalue weighted by Gasteiger charge is 2.07. The molecule has 4 heteroatoms. The molecule has 0 bridgehead atoms. The van der Waals surface area contributed by atoms with Crippen LogP contribution < -0.4 is 10.1 Å².